The number of para-hydroxylation sites is 1. The minimum atomic E-state index is -0.315. The third-order valence-electron chi connectivity index (χ3n) is 4.27. The van der Waals surface area contributed by atoms with Gasteiger partial charge >= 0.3 is 0 Å². The highest BCUT2D eigenvalue weighted by molar-refractivity contribution is 5.75. The van der Waals surface area contributed by atoms with Gasteiger partial charge in [0, 0.05) is 11.6 Å². The number of nitrogens with one attached hydrogen (secondary N) is 1. The summed E-state index contributed by atoms with van der Waals surface area (Å²) in [7, 11) is 0. The second-order valence-corrected chi connectivity index (χ2v) is 6.54. The fourth-order valence-electron chi connectivity index (χ4n) is 2.79. The Kier molecular flexibility index (Phi) is 6.22. The maximum Gasteiger partial charge on any atom is 0.267 e. The van der Waals surface area contributed by atoms with E-state index in [2.05, 4.69) is 10.4 Å². The fraction of sp³-hybridized carbons (Fsp3) is 0.227. The number of aromatic nitrogens is 2. The number of nitrogens with zero attached hydrogens (tertiary/aromatic N) is 2. The van der Waals surface area contributed by atoms with Crippen LogP contribution in [0.4, 0.5) is 0 Å². The molecule has 0 saturated carbocycles. The quantitative estimate of drug-likeness (QED) is 0.643. The summed E-state index contributed by atoms with van der Waals surface area (Å²) in [6.45, 7) is 4.55. The van der Waals surface area contributed by atoms with Crippen molar-refractivity contribution in [3.05, 3.63) is 82.1 Å². The summed E-state index contributed by atoms with van der Waals surface area (Å²) in [6.07, 6.45) is 0. The predicted octanol–water partition coefficient (Wildman–Crippen LogP) is 2.72. The van der Waals surface area contributed by atoms with E-state index in [9.17, 15) is 9.59 Å². The number of hydrogen-bond acceptors (Lipinski definition) is 4. The molecule has 6 nitrogen and oxygen atoms in total. The van der Waals surface area contributed by atoms with Crippen LogP contribution < -0.4 is 15.6 Å². The molecule has 0 aliphatic carbocycles. The summed E-state index contributed by atoms with van der Waals surface area (Å²) in [5.74, 6) is 0.459. The minimum Gasteiger partial charge on any atom is -0.492 e. The van der Waals surface area contributed by atoms with Gasteiger partial charge in [0.25, 0.3) is 5.56 Å². The largest absolute Gasteiger partial charge is 0.492 e. The molecule has 0 spiro atoms. The van der Waals surface area contributed by atoms with E-state index in [0.29, 0.717) is 18.8 Å². The molecule has 1 heterocycles. The van der Waals surface area contributed by atoms with E-state index in [4.69, 9.17) is 4.74 Å². The summed E-state index contributed by atoms with van der Waals surface area (Å²) < 4.78 is 6.72. The molecule has 3 aromatic rings. The molecule has 0 atom stereocenters. The molecule has 144 valence electrons. The standard InChI is InChI=1S/C22H23N3O3/c1-16-8-9-17(2)19(14-16)20-10-11-22(27)25(24-20)15-21(26)23-12-13-28-18-6-4-3-5-7-18/h3-11,14H,12-13,15H2,1-2H3,(H,23,26). The number of ether oxygens (including phenoxy) is 1. The van der Waals surface area contributed by atoms with Crippen LogP contribution in [0.2, 0.25) is 0 Å². The summed E-state index contributed by atoms with van der Waals surface area (Å²) >= 11 is 0. The summed E-state index contributed by atoms with van der Waals surface area (Å²) in [5, 5.41) is 7.12. The second-order valence-electron chi connectivity index (χ2n) is 6.54. The van der Waals surface area contributed by atoms with Gasteiger partial charge in [0.1, 0.15) is 18.9 Å². The first-order valence-corrected chi connectivity index (χ1v) is 9.13. The molecule has 0 unspecified atom stereocenters. The number of aryl methyl sites for hydroxylation is 2. The highest BCUT2D eigenvalue weighted by Gasteiger charge is 2.09. The van der Waals surface area contributed by atoms with Gasteiger partial charge in [-0.2, -0.15) is 5.10 Å². The van der Waals surface area contributed by atoms with Crippen molar-refractivity contribution in [1.82, 2.24) is 15.1 Å². The molecule has 1 N–H and O–H groups in total. The van der Waals surface area contributed by atoms with Crippen molar-refractivity contribution in [1.29, 1.82) is 0 Å². The number of carbonyl (C=O) groups excluding carboxylic acids is 1. The normalized spacial score (nSPS) is 10.5. The Morgan fingerprint density at radius 3 is 2.64 bits per heavy atom. The molecule has 0 fully saturated rings. The smallest absolute Gasteiger partial charge is 0.267 e. The maximum absolute atomic E-state index is 12.2. The average Bonchev–Trinajstić information content (AvgIpc) is 2.70. The van der Waals surface area contributed by atoms with E-state index in [1.54, 1.807) is 6.07 Å². The predicted molar refractivity (Wildman–Crippen MR) is 108 cm³/mol. The molecular formula is C22H23N3O3. The number of carbonyl (C=O) groups is 1. The summed E-state index contributed by atoms with van der Waals surface area (Å²) in [5.41, 5.74) is 3.47. The topological polar surface area (TPSA) is 73.2 Å². The number of rotatable bonds is 7. The lowest BCUT2D eigenvalue weighted by Gasteiger charge is -2.11. The third-order valence-corrected chi connectivity index (χ3v) is 4.27. The van der Waals surface area contributed by atoms with E-state index >= 15 is 0 Å². The average molecular weight is 377 g/mol. The van der Waals surface area contributed by atoms with Crippen molar-refractivity contribution < 1.29 is 9.53 Å². The van der Waals surface area contributed by atoms with Gasteiger partial charge in [-0.25, -0.2) is 4.68 Å². The highest BCUT2D eigenvalue weighted by Crippen LogP contribution is 2.21. The molecule has 1 aromatic heterocycles. The van der Waals surface area contributed by atoms with Gasteiger partial charge in [-0.15, -0.1) is 0 Å². The third kappa shape index (κ3) is 5.07. The van der Waals surface area contributed by atoms with Crippen LogP contribution in [0.15, 0.2) is 65.5 Å². The maximum atomic E-state index is 12.2. The minimum absolute atomic E-state index is 0.136. The van der Waals surface area contributed by atoms with Crippen LogP contribution in [0, 0.1) is 13.8 Å². The molecule has 28 heavy (non-hydrogen) atoms. The van der Waals surface area contributed by atoms with Crippen LogP contribution >= 0.6 is 0 Å². The Morgan fingerprint density at radius 2 is 1.86 bits per heavy atom. The summed E-state index contributed by atoms with van der Waals surface area (Å²) in [6, 6.07) is 18.6. The molecule has 2 aromatic carbocycles. The second kappa shape index (κ2) is 8.99. The molecule has 6 heteroatoms. The van der Waals surface area contributed by atoms with Crippen LogP contribution in [-0.2, 0) is 11.3 Å². The van der Waals surface area contributed by atoms with Gasteiger partial charge in [0.05, 0.1) is 12.2 Å². The lowest BCUT2D eigenvalue weighted by atomic mass is 10.0. The van der Waals surface area contributed by atoms with Crippen molar-refractivity contribution >= 4 is 5.91 Å². The Morgan fingerprint density at radius 1 is 1.07 bits per heavy atom. The van der Waals surface area contributed by atoms with Crippen LogP contribution in [0.5, 0.6) is 5.75 Å². The van der Waals surface area contributed by atoms with Crippen LogP contribution in [0.1, 0.15) is 11.1 Å². The number of benzene rings is 2. The van der Waals surface area contributed by atoms with Gasteiger partial charge in [0.2, 0.25) is 5.91 Å². The Hall–Kier alpha value is -3.41. The van der Waals surface area contributed by atoms with Gasteiger partial charge in [-0.05, 0) is 43.7 Å². The van der Waals surface area contributed by atoms with Crippen molar-refractivity contribution in [2.24, 2.45) is 0 Å². The van der Waals surface area contributed by atoms with Crippen molar-refractivity contribution in [2.75, 3.05) is 13.2 Å². The SMILES string of the molecule is Cc1ccc(C)c(-c2ccc(=O)n(CC(=O)NCCOc3ccccc3)n2)c1. The molecule has 0 aliphatic heterocycles. The zero-order chi connectivity index (χ0) is 19.9. The Balaban J connectivity index is 1.61. The van der Waals surface area contributed by atoms with Crippen molar-refractivity contribution in [3.8, 4) is 17.0 Å². The van der Waals surface area contributed by atoms with E-state index in [0.717, 1.165) is 22.4 Å². The zero-order valence-corrected chi connectivity index (χ0v) is 16.0. The molecular weight excluding hydrogens is 354 g/mol. The van der Waals surface area contributed by atoms with E-state index < -0.39 is 0 Å². The van der Waals surface area contributed by atoms with Crippen LogP contribution in [0.3, 0.4) is 0 Å². The lowest BCUT2D eigenvalue weighted by molar-refractivity contribution is -0.122. The fourth-order valence-corrected chi connectivity index (χ4v) is 2.79. The van der Waals surface area contributed by atoms with Crippen molar-refractivity contribution in [3.63, 3.8) is 0 Å². The number of amides is 1. The molecule has 0 saturated heterocycles. The van der Waals surface area contributed by atoms with E-state index in [1.165, 1.54) is 10.7 Å². The molecule has 0 aliphatic rings. The molecule has 1 amide bonds. The van der Waals surface area contributed by atoms with Gasteiger partial charge < -0.3 is 10.1 Å². The van der Waals surface area contributed by atoms with Gasteiger partial charge in [-0.3, -0.25) is 9.59 Å². The first-order chi connectivity index (χ1) is 13.5. The number of hydrogen-bond donors (Lipinski definition) is 1. The Bertz CT molecular complexity index is 1010. The monoisotopic (exact) mass is 377 g/mol. The van der Waals surface area contributed by atoms with Gasteiger partial charge in [-0.1, -0.05) is 35.9 Å². The van der Waals surface area contributed by atoms with Gasteiger partial charge in [0.15, 0.2) is 0 Å². The molecule has 0 radical (unpaired) electrons. The molecule has 3 rings (SSSR count). The van der Waals surface area contributed by atoms with Crippen molar-refractivity contribution in [2.45, 2.75) is 20.4 Å². The molecule has 0 bridgehead atoms. The van der Waals surface area contributed by atoms with Crippen LogP contribution in [0.25, 0.3) is 11.3 Å². The van der Waals surface area contributed by atoms with Crippen LogP contribution in [-0.4, -0.2) is 28.8 Å². The summed E-state index contributed by atoms with van der Waals surface area (Å²) in [4.78, 5) is 24.3. The Labute approximate surface area is 163 Å². The lowest BCUT2D eigenvalue weighted by Crippen LogP contribution is -2.35. The highest BCUT2D eigenvalue weighted by atomic mass is 16.5. The first-order valence-electron chi connectivity index (χ1n) is 9.13. The zero-order valence-electron chi connectivity index (χ0n) is 16.0. The van der Waals surface area contributed by atoms with E-state index in [1.807, 2.05) is 62.4 Å². The van der Waals surface area contributed by atoms with E-state index in [-0.39, 0.29) is 18.0 Å². The first kappa shape index (κ1) is 19.4.